The molecule has 1 unspecified atom stereocenters. The van der Waals surface area contributed by atoms with Gasteiger partial charge in [0.1, 0.15) is 11.5 Å². The Morgan fingerprint density at radius 3 is 2.46 bits per heavy atom. The van der Waals surface area contributed by atoms with Crippen LogP contribution in [0.1, 0.15) is 29.5 Å². The highest BCUT2D eigenvalue weighted by Gasteiger charge is 2.31. The summed E-state index contributed by atoms with van der Waals surface area (Å²) in [4.78, 5) is 23.1. The lowest BCUT2D eigenvalue weighted by atomic mass is 10.0. The van der Waals surface area contributed by atoms with Gasteiger partial charge in [-0.1, -0.05) is 17.3 Å². The van der Waals surface area contributed by atoms with Crippen molar-refractivity contribution in [2.45, 2.75) is 32.2 Å². The van der Waals surface area contributed by atoms with Gasteiger partial charge in [0, 0.05) is 6.07 Å². The van der Waals surface area contributed by atoms with Crippen LogP contribution in [0.4, 0.5) is 13.2 Å². The number of aliphatic carboxylic acids is 1. The Bertz CT molecular complexity index is 771. The molecule has 0 fully saturated rings. The van der Waals surface area contributed by atoms with Gasteiger partial charge in [0.2, 0.25) is 5.91 Å². The molecule has 1 atom stereocenters. The van der Waals surface area contributed by atoms with E-state index in [1.54, 1.807) is 13.0 Å². The van der Waals surface area contributed by atoms with Gasteiger partial charge in [-0.2, -0.15) is 0 Å². The molecule has 1 amide bonds. The Balaban J connectivity index is 2.08. The number of nitrogens with zero attached hydrogens (tertiary/aromatic N) is 1. The molecule has 2 aromatic rings. The van der Waals surface area contributed by atoms with Crippen LogP contribution in [0.5, 0.6) is 5.75 Å². The van der Waals surface area contributed by atoms with Crippen LogP contribution in [0.25, 0.3) is 0 Å². The van der Waals surface area contributed by atoms with Gasteiger partial charge >= 0.3 is 12.3 Å². The minimum atomic E-state index is -4.83. The van der Waals surface area contributed by atoms with E-state index >= 15 is 0 Å². The molecule has 26 heavy (non-hydrogen) atoms. The van der Waals surface area contributed by atoms with Gasteiger partial charge in [0.25, 0.3) is 0 Å². The number of hydrogen-bond donors (Lipinski definition) is 2. The van der Waals surface area contributed by atoms with Crippen molar-refractivity contribution in [2.24, 2.45) is 0 Å². The fourth-order valence-electron chi connectivity index (χ4n) is 2.24. The Morgan fingerprint density at radius 2 is 1.96 bits per heavy atom. The number of amides is 1. The number of carbonyl (C=O) groups is 2. The highest BCUT2D eigenvalue weighted by Crippen LogP contribution is 2.25. The second-order valence-corrected chi connectivity index (χ2v) is 5.44. The molecule has 0 radical (unpaired) electrons. The maximum Gasteiger partial charge on any atom is 0.573 e. The molecule has 1 heterocycles. The third-order valence-electron chi connectivity index (χ3n) is 3.25. The molecule has 7 nitrogen and oxygen atoms in total. The molecular weight excluding hydrogens is 357 g/mol. The first-order valence-corrected chi connectivity index (χ1v) is 7.41. The SMILES string of the molecule is Cc1cc(CC(=O)NC(CC(=O)O)c2ccc(OC(F)(F)F)cc2)no1. The third-order valence-corrected chi connectivity index (χ3v) is 3.25. The van der Waals surface area contributed by atoms with E-state index in [9.17, 15) is 22.8 Å². The van der Waals surface area contributed by atoms with E-state index < -0.39 is 36.5 Å². The first-order chi connectivity index (χ1) is 12.1. The fraction of sp³-hybridized carbons (Fsp3) is 0.312. The average molecular weight is 372 g/mol. The molecule has 0 bridgehead atoms. The Morgan fingerprint density at radius 1 is 1.31 bits per heavy atom. The van der Waals surface area contributed by atoms with Crippen LogP contribution in [0.3, 0.4) is 0 Å². The lowest BCUT2D eigenvalue weighted by Gasteiger charge is -2.18. The highest BCUT2D eigenvalue weighted by molar-refractivity contribution is 5.79. The monoisotopic (exact) mass is 372 g/mol. The van der Waals surface area contributed by atoms with Crippen molar-refractivity contribution >= 4 is 11.9 Å². The molecule has 0 aliphatic heterocycles. The number of nitrogens with one attached hydrogen (secondary N) is 1. The van der Waals surface area contributed by atoms with Gasteiger partial charge in [0.15, 0.2) is 0 Å². The van der Waals surface area contributed by atoms with Crippen molar-refractivity contribution in [3.05, 3.63) is 47.3 Å². The number of rotatable bonds is 7. The quantitative estimate of drug-likeness (QED) is 0.775. The second-order valence-electron chi connectivity index (χ2n) is 5.44. The summed E-state index contributed by atoms with van der Waals surface area (Å²) in [5.74, 6) is -1.60. The summed E-state index contributed by atoms with van der Waals surface area (Å²) in [5, 5.41) is 15.2. The predicted molar refractivity (Wildman–Crippen MR) is 81.2 cm³/mol. The molecule has 0 saturated heterocycles. The van der Waals surface area contributed by atoms with E-state index in [2.05, 4.69) is 15.2 Å². The Hall–Kier alpha value is -3.04. The number of carboxylic acid groups (broad SMARTS) is 1. The molecule has 2 N–H and O–H groups in total. The van der Waals surface area contributed by atoms with E-state index in [-0.39, 0.29) is 6.42 Å². The predicted octanol–water partition coefficient (Wildman–Crippen LogP) is 2.76. The zero-order valence-corrected chi connectivity index (χ0v) is 13.5. The number of halogens is 3. The summed E-state index contributed by atoms with van der Waals surface area (Å²) in [6.07, 6.45) is -5.39. The maximum absolute atomic E-state index is 12.2. The number of ether oxygens (including phenoxy) is 1. The van der Waals surface area contributed by atoms with Crippen LogP contribution < -0.4 is 10.1 Å². The van der Waals surface area contributed by atoms with Gasteiger partial charge in [0.05, 0.1) is 24.6 Å². The Kier molecular flexibility index (Phi) is 5.86. The zero-order valence-electron chi connectivity index (χ0n) is 13.5. The summed E-state index contributed by atoms with van der Waals surface area (Å²) in [5.41, 5.74) is 0.703. The summed E-state index contributed by atoms with van der Waals surface area (Å²) >= 11 is 0. The number of carboxylic acids is 1. The molecule has 1 aromatic carbocycles. The maximum atomic E-state index is 12.2. The molecule has 0 aliphatic rings. The number of aryl methyl sites for hydroxylation is 1. The molecule has 1 aromatic heterocycles. The first-order valence-electron chi connectivity index (χ1n) is 7.41. The van der Waals surface area contributed by atoms with Crippen molar-refractivity contribution in [1.29, 1.82) is 0 Å². The van der Waals surface area contributed by atoms with E-state index in [1.807, 2.05) is 0 Å². The van der Waals surface area contributed by atoms with Crippen molar-refractivity contribution in [3.8, 4) is 5.75 Å². The van der Waals surface area contributed by atoms with Crippen molar-refractivity contribution in [2.75, 3.05) is 0 Å². The minimum Gasteiger partial charge on any atom is -0.481 e. The van der Waals surface area contributed by atoms with E-state index in [0.717, 1.165) is 12.1 Å². The smallest absolute Gasteiger partial charge is 0.481 e. The zero-order chi connectivity index (χ0) is 19.3. The van der Waals surface area contributed by atoms with Crippen LogP contribution in [-0.4, -0.2) is 28.5 Å². The number of benzene rings is 1. The minimum absolute atomic E-state index is 0.122. The topological polar surface area (TPSA) is 102 Å². The van der Waals surface area contributed by atoms with E-state index in [0.29, 0.717) is 17.0 Å². The molecule has 10 heteroatoms. The van der Waals surface area contributed by atoms with Crippen LogP contribution in [0, 0.1) is 6.92 Å². The van der Waals surface area contributed by atoms with E-state index in [1.165, 1.54) is 12.1 Å². The third kappa shape index (κ3) is 6.11. The molecule has 0 spiro atoms. The normalized spacial score (nSPS) is 12.5. The van der Waals surface area contributed by atoms with E-state index in [4.69, 9.17) is 9.63 Å². The Labute approximate surface area is 145 Å². The largest absolute Gasteiger partial charge is 0.573 e. The average Bonchev–Trinajstić information content (AvgIpc) is 2.90. The van der Waals surface area contributed by atoms with Gasteiger partial charge in [-0.05, 0) is 24.6 Å². The van der Waals surface area contributed by atoms with Crippen LogP contribution in [-0.2, 0) is 16.0 Å². The summed E-state index contributed by atoms with van der Waals surface area (Å²) in [6.45, 7) is 1.66. The van der Waals surface area contributed by atoms with Crippen LogP contribution >= 0.6 is 0 Å². The molecular formula is C16H15F3N2O5. The van der Waals surface area contributed by atoms with Crippen LogP contribution in [0.15, 0.2) is 34.9 Å². The van der Waals surface area contributed by atoms with Crippen LogP contribution in [0.2, 0.25) is 0 Å². The summed E-state index contributed by atoms with van der Waals surface area (Å²) in [7, 11) is 0. The summed E-state index contributed by atoms with van der Waals surface area (Å²) in [6, 6.07) is 5.25. The molecule has 0 aliphatic carbocycles. The lowest BCUT2D eigenvalue weighted by molar-refractivity contribution is -0.274. The standard InChI is InChI=1S/C16H15F3N2O5/c1-9-6-11(21-26-9)7-14(22)20-13(8-15(23)24)10-2-4-12(5-3-10)25-16(17,18)19/h2-6,13H,7-8H2,1H3,(H,20,22)(H,23,24). The first kappa shape index (κ1) is 19.3. The fourth-order valence-corrected chi connectivity index (χ4v) is 2.24. The van der Waals surface area contributed by atoms with Crippen molar-refractivity contribution in [1.82, 2.24) is 10.5 Å². The molecule has 2 rings (SSSR count). The highest BCUT2D eigenvalue weighted by atomic mass is 19.4. The van der Waals surface area contributed by atoms with Gasteiger partial charge in [-0.25, -0.2) is 0 Å². The second kappa shape index (κ2) is 7.89. The van der Waals surface area contributed by atoms with Gasteiger partial charge < -0.3 is 19.7 Å². The number of carbonyl (C=O) groups excluding carboxylic acids is 1. The van der Waals surface area contributed by atoms with Crippen molar-refractivity contribution in [3.63, 3.8) is 0 Å². The number of aromatic nitrogens is 1. The number of alkyl halides is 3. The van der Waals surface area contributed by atoms with Gasteiger partial charge in [-0.15, -0.1) is 13.2 Å². The lowest BCUT2D eigenvalue weighted by Crippen LogP contribution is -2.31. The van der Waals surface area contributed by atoms with Crippen molar-refractivity contribution < 1.29 is 37.1 Å². The summed E-state index contributed by atoms with van der Waals surface area (Å²) < 4.78 is 45.1. The molecule has 140 valence electrons. The number of hydrogen-bond acceptors (Lipinski definition) is 5. The van der Waals surface area contributed by atoms with Gasteiger partial charge in [-0.3, -0.25) is 9.59 Å². The molecule has 0 saturated carbocycles.